The van der Waals surface area contributed by atoms with Crippen molar-refractivity contribution in [3.8, 4) is 0 Å². The summed E-state index contributed by atoms with van der Waals surface area (Å²) < 4.78 is 2.15. The van der Waals surface area contributed by atoms with Crippen LogP contribution in [0.25, 0.3) is 0 Å². The molecule has 2 aliphatic rings. The first kappa shape index (κ1) is 5.12. The van der Waals surface area contributed by atoms with E-state index in [4.69, 9.17) is 0 Å². The third-order valence-electron chi connectivity index (χ3n) is 2.27. The number of thiol groups is 1. The molecule has 2 unspecified atom stereocenters. The SMILES string of the molecule is SN1CCC2CC2C1. The molecule has 2 heteroatoms. The van der Waals surface area contributed by atoms with Crippen molar-refractivity contribution in [2.45, 2.75) is 12.8 Å². The van der Waals surface area contributed by atoms with E-state index in [9.17, 15) is 0 Å². The van der Waals surface area contributed by atoms with E-state index >= 15 is 0 Å². The fourth-order valence-electron chi connectivity index (χ4n) is 1.56. The highest BCUT2D eigenvalue weighted by molar-refractivity contribution is 7.77. The molecule has 2 rings (SSSR count). The number of hydrogen-bond acceptors (Lipinski definition) is 2. The highest BCUT2D eigenvalue weighted by atomic mass is 32.1. The van der Waals surface area contributed by atoms with Gasteiger partial charge in [0.1, 0.15) is 0 Å². The van der Waals surface area contributed by atoms with Crippen molar-refractivity contribution in [3.63, 3.8) is 0 Å². The first-order valence-electron chi connectivity index (χ1n) is 3.30. The summed E-state index contributed by atoms with van der Waals surface area (Å²) in [4.78, 5) is 0. The number of hydrogen-bond donors (Lipinski definition) is 1. The van der Waals surface area contributed by atoms with Gasteiger partial charge in [0.05, 0.1) is 0 Å². The van der Waals surface area contributed by atoms with Crippen LogP contribution in [0.4, 0.5) is 0 Å². The van der Waals surface area contributed by atoms with Gasteiger partial charge in [0, 0.05) is 13.1 Å². The van der Waals surface area contributed by atoms with Crippen LogP contribution in [0.5, 0.6) is 0 Å². The monoisotopic (exact) mass is 129 g/mol. The molecule has 2 atom stereocenters. The number of fused-ring (bicyclic) bond motifs is 1. The van der Waals surface area contributed by atoms with Crippen LogP contribution in [0.15, 0.2) is 0 Å². The number of piperidine rings is 1. The maximum Gasteiger partial charge on any atom is 0.0118 e. The van der Waals surface area contributed by atoms with Gasteiger partial charge in [-0.3, -0.25) is 4.31 Å². The molecule has 1 heterocycles. The van der Waals surface area contributed by atoms with Gasteiger partial charge in [-0.25, -0.2) is 0 Å². The second kappa shape index (κ2) is 1.64. The second-order valence-electron chi connectivity index (χ2n) is 2.96. The van der Waals surface area contributed by atoms with E-state index in [1.807, 2.05) is 0 Å². The van der Waals surface area contributed by atoms with Gasteiger partial charge >= 0.3 is 0 Å². The Kier molecular flexibility index (Phi) is 1.05. The molecular formula is C6H11NS. The summed E-state index contributed by atoms with van der Waals surface area (Å²) >= 11 is 4.28. The van der Waals surface area contributed by atoms with Crippen LogP contribution in [0.1, 0.15) is 12.8 Å². The van der Waals surface area contributed by atoms with E-state index in [1.165, 1.54) is 25.9 Å². The van der Waals surface area contributed by atoms with Crippen molar-refractivity contribution in [1.29, 1.82) is 0 Å². The molecule has 2 fully saturated rings. The Labute approximate surface area is 55.6 Å². The first-order chi connectivity index (χ1) is 3.86. The Morgan fingerprint density at radius 2 is 2.25 bits per heavy atom. The smallest absolute Gasteiger partial charge is 0.0118 e. The van der Waals surface area contributed by atoms with Crippen LogP contribution in [0.2, 0.25) is 0 Å². The maximum absolute atomic E-state index is 4.28. The quantitative estimate of drug-likeness (QED) is 0.481. The molecule has 0 aromatic heterocycles. The van der Waals surface area contributed by atoms with Crippen LogP contribution in [-0.2, 0) is 0 Å². The van der Waals surface area contributed by atoms with Crippen LogP contribution in [0, 0.1) is 11.8 Å². The molecule has 0 spiro atoms. The maximum atomic E-state index is 4.28. The Hall–Kier alpha value is 0.310. The fraction of sp³-hybridized carbons (Fsp3) is 1.00. The minimum Gasteiger partial charge on any atom is -0.253 e. The molecule has 0 N–H and O–H groups in total. The Bertz CT molecular complexity index is 105. The summed E-state index contributed by atoms with van der Waals surface area (Å²) in [5.41, 5.74) is 0. The van der Waals surface area contributed by atoms with E-state index in [-0.39, 0.29) is 0 Å². The molecule has 1 saturated carbocycles. The van der Waals surface area contributed by atoms with Gasteiger partial charge < -0.3 is 0 Å². The van der Waals surface area contributed by atoms with Crippen molar-refractivity contribution in [3.05, 3.63) is 0 Å². The van der Waals surface area contributed by atoms with Gasteiger partial charge in [0.2, 0.25) is 0 Å². The van der Waals surface area contributed by atoms with E-state index < -0.39 is 0 Å². The fourth-order valence-corrected chi connectivity index (χ4v) is 1.89. The molecule has 0 aromatic rings. The van der Waals surface area contributed by atoms with Gasteiger partial charge in [-0.2, -0.15) is 0 Å². The van der Waals surface area contributed by atoms with Crippen LogP contribution < -0.4 is 0 Å². The zero-order valence-corrected chi connectivity index (χ0v) is 5.77. The van der Waals surface area contributed by atoms with Crippen LogP contribution in [-0.4, -0.2) is 17.4 Å². The zero-order chi connectivity index (χ0) is 5.56. The predicted molar refractivity (Wildman–Crippen MR) is 36.8 cm³/mol. The summed E-state index contributed by atoms with van der Waals surface area (Å²) in [6, 6.07) is 0. The largest absolute Gasteiger partial charge is 0.253 e. The molecule has 0 bridgehead atoms. The first-order valence-corrected chi connectivity index (χ1v) is 3.70. The van der Waals surface area contributed by atoms with Crippen molar-refractivity contribution >= 4 is 12.8 Å². The standard InChI is InChI=1S/C6H11NS/c8-7-2-1-5-3-6(5)4-7/h5-6,8H,1-4H2. The van der Waals surface area contributed by atoms with Crippen LogP contribution >= 0.6 is 12.8 Å². The Morgan fingerprint density at radius 3 is 2.88 bits per heavy atom. The average molecular weight is 129 g/mol. The lowest BCUT2D eigenvalue weighted by Crippen LogP contribution is -2.22. The summed E-state index contributed by atoms with van der Waals surface area (Å²) in [7, 11) is 0. The lowest BCUT2D eigenvalue weighted by atomic mass is 10.2. The number of rotatable bonds is 0. The summed E-state index contributed by atoms with van der Waals surface area (Å²) in [5.74, 6) is 2.12. The number of nitrogens with zero attached hydrogens (tertiary/aromatic N) is 1. The van der Waals surface area contributed by atoms with Gasteiger partial charge in [-0.15, -0.1) is 0 Å². The molecular weight excluding hydrogens is 118 g/mol. The van der Waals surface area contributed by atoms with Crippen LogP contribution in [0.3, 0.4) is 0 Å². The highest BCUT2D eigenvalue weighted by Gasteiger charge is 2.40. The molecule has 46 valence electrons. The summed E-state index contributed by atoms with van der Waals surface area (Å²) in [6.45, 7) is 2.46. The predicted octanol–water partition coefficient (Wildman–Crippen LogP) is 1.17. The summed E-state index contributed by atoms with van der Waals surface area (Å²) in [5, 5.41) is 0. The normalized spacial score (nSPS) is 46.1. The molecule has 1 aliphatic carbocycles. The minimum atomic E-state index is 1.03. The molecule has 0 amide bonds. The summed E-state index contributed by atoms with van der Waals surface area (Å²) in [6.07, 6.45) is 2.88. The molecule has 0 aromatic carbocycles. The third-order valence-corrected chi connectivity index (χ3v) is 2.64. The Morgan fingerprint density at radius 1 is 1.38 bits per heavy atom. The molecule has 1 saturated heterocycles. The van der Waals surface area contributed by atoms with E-state index in [0.717, 1.165) is 11.8 Å². The lowest BCUT2D eigenvalue weighted by Gasteiger charge is -2.18. The van der Waals surface area contributed by atoms with Crippen molar-refractivity contribution in [2.24, 2.45) is 11.8 Å². The van der Waals surface area contributed by atoms with Crippen molar-refractivity contribution in [1.82, 2.24) is 4.31 Å². The minimum absolute atomic E-state index is 1.03. The topological polar surface area (TPSA) is 3.24 Å². The van der Waals surface area contributed by atoms with Gasteiger partial charge in [0.25, 0.3) is 0 Å². The molecule has 8 heavy (non-hydrogen) atoms. The second-order valence-corrected chi connectivity index (χ2v) is 3.52. The van der Waals surface area contributed by atoms with Gasteiger partial charge in [-0.1, -0.05) is 12.8 Å². The molecule has 1 nitrogen and oxygen atoms in total. The Balaban J connectivity index is 1.93. The highest BCUT2D eigenvalue weighted by Crippen LogP contribution is 2.44. The van der Waals surface area contributed by atoms with Crippen molar-refractivity contribution in [2.75, 3.05) is 13.1 Å². The zero-order valence-electron chi connectivity index (χ0n) is 4.88. The van der Waals surface area contributed by atoms with E-state index in [1.54, 1.807) is 0 Å². The van der Waals surface area contributed by atoms with E-state index in [2.05, 4.69) is 17.1 Å². The third kappa shape index (κ3) is 0.759. The van der Waals surface area contributed by atoms with Gasteiger partial charge in [0.15, 0.2) is 0 Å². The average Bonchev–Trinajstić information content (AvgIpc) is 2.43. The molecule has 1 aliphatic heterocycles. The van der Waals surface area contributed by atoms with Crippen molar-refractivity contribution < 1.29 is 0 Å². The molecule has 0 radical (unpaired) electrons. The van der Waals surface area contributed by atoms with Gasteiger partial charge in [-0.05, 0) is 24.7 Å². The van der Waals surface area contributed by atoms with E-state index in [0.29, 0.717) is 0 Å². The lowest BCUT2D eigenvalue weighted by molar-refractivity contribution is 0.369.